The Kier molecular flexibility index (Phi) is 7.75. The largest absolute Gasteiger partial charge is 0.497 e. The van der Waals surface area contributed by atoms with Crippen LogP contribution in [0.15, 0.2) is 41.0 Å². The number of methoxy groups -OCH3 is 1. The SMILES string of the molecule is COc1ccc(CN(C[C@H]2CC[C@H](O)CC2)c2cc(NC3CCOCC3)nc3c(Br)cnn23)cc1. The molecule has 3 aromatic rings. The summed E-state index contributed by atoms with van der Waals surface area (Å²) in [5.74, 6) is 3.24. The van der Waals surface area contributed by atoms with Crippen LogP contribution in [0.25, 0.3) is 5.65 Å². The van der Waals surface area contributed by atoms with Gasteiger partial charge in [0.05, 0.1) is 23.9 Å². The van der Waals surface area contributed by atoms with E-state index in [0.29, 0.717) is 12.0 Å². The van der Waals surface area contributed by atoms with E-state index in [9.17, 15) is 5.11 Å². The summed E-state index contributed by atoms with van der Waals surface area (Å²) in [5.41, 5.74) is 2.01. The van der Waals surface area contributed by atoms with E-state index in [1.807, 2.05) is 22.8 Å². The van der Waals surface area contributed by atoms with Crippen molar-refractivity contribution in [3.63, 3.8) is 0 Å². The van der Waals surface area contributed by atoms with E-state index in [1.54, 1.807) is 7.11 Å². The number of hydrogen-bond acceptors (Lipinski definition) is 7. The lowest BCUT2D eigenvalue weighted by Crippen LogP contribution is -2.34. The minimum atomic E-state index is -0.161. The van der Waals surface area contributed by atoms with Crippen LogP contribution in [-0.4, -0.2) is 58.7 Å². The molecule has 0 spiro atoms. The van der Waals surface area contributed by atoms with Crippen LogP contribution in [0.1, 0.15) is 44.1 Å². The Labute approximate surface area is 214 Å². The number of rotatable bonds is 8. The fraction of sp³-hybridized carbons (Fsp3) is 0.538. The Morgan fingerprint density at radius 1 is 1.14 bits per heavy atom. The van der Waals surface area contributed by atoms with E-state index in [-0.39, 0.29) is 6.10 Å². The van der Waals surface area contributed by atoms with Crippen LogP contribution >= 0.6 is 15.9 Å². The lowest BCUT2D eigenvalue weighted by Gasteiger charge is -2.33. The van der Waals surface area contributed by atoms with Crippen LogP contribution in [-0.2, 0) is 11.3 Å². The van der Waals surface area contributed by atoms with Crippen molar-refractivity contribution in [2.75, 3.05) is 37.1 Å². The molecule has 35 heavy (non-hydrogen) atoms. The first-order valence-electron chi connectivity index (χ1n) is 12.5. The molecular formula is C26H34BrN5O3. The van der Waals surface area contributed by atoms with Crippen LogP contribution in [0, 0.1) is 5.92 Å². The van der Waals surface area contributed by atoms with E-state index in [4.69, 9.17) is 14.5 Å². The molecule has 2 N–H and O–H groups in total. The molecule has 9 heteroatoms. The van der Waals surface area contributed by atoms with Crippen molar-refractivity contribution in [2.45, 2.75) is 57.2 Å². The first-order valence-corrected chi connectivity index (χ1v) is 13.3. The standard InChI is InChI=1S/C26H34BrN5O3/c1-34-22-8-4-19(5-9-22)17-31(16-18-2-6-21(33)7-3-18)25-14-24(29-20-10-12-35-13-11-20)30-26-23(27)15-28-32(25)26/h4-5,8-9,14-15,18,20-21,33H,2-3,6-7,10-13,16-17H2,1H3,(H,29,30)/t18-,21-. The van der Waals surface area contributed by atoms with Crippen LogP contribution in [0.3, 0.4) is 0 Å². The maximum Gasteiger partial charge on any atom is 0.173 e. The predicted molar refractivity (Wildman–Crippen MR) is 140 cm³/mol. The maximum atomic E-state index is 10.0. The fourth-order valence-corrected chi connectivity index (χ4v) is 5.45. The lowest BCUT2D eigenvalue weighted by molar-refractivity contribution is 0.0904. The summed E-state index contributed by atoms with van der Waals surface area (Å²) in [5, 5.41) is 18.3. The second-order valence-electron chi connectivity index (χ2n) is 9.66. The Balaban J connectivity index is 1.48. The smallest absolute Gasteiger partial charge is 0.173 e. The van der Waals surface area contributed by atoms with Crippen molar-refractivity contribution >= 4 is 33.2 Å². The molecule has 188 valence electrons. The molecule has 0 radical (unpaired) electrons. The topological polar surface area (TPSA) is 84.2 Å². The van der Waals surface area contributed by atoms with Gasteiger partial charge in [-0.15, -0.1) is 0 Å². The van der Waals surface area contributed by atoms with E-state index >= 15 is 0 Å². The first kappa shape index (κ1) is 24.3. The van der Waals surface area contributed by atoms with Gasteiger partial charge in [-0.3, -0.25) is 0 Å². The lowest BCUT2D eigenvalue weighted by atomic mass is 9.87. The number of ether oxygens (including phenoxy) is 2. The highest BCUT2D eigenvalue weighted by Crippen LogP contribution is 2.31. The Morgan fingerprint density at radius 3 is 2.60 bits per heavy atom. The molecule has 1 aliphatic carbocycles. The van der Waals surface area contributed by atoms with Crippen molar-refractivity contribution in [1.29, 1.82) is 0 Å². The molecule has 2 fully saturated rings. The third-order valence-electron chi connectivity index (χ3n) is 7.13. The van der Waals surface area contributed by atoms with Gasteiger partial charge in [0, 0.05) is 38.4 Å². The highest BCUT2D eigenvalue weighted by molar-refractivity contribution is 9.10. The number of aliphatic hydroxyl groups is 1. The zero-order valence-corrected chi connectivity index (χ0v) is 21.8. The third kappa shape index (κ3) is 5.90. The van der Waals surface area contributed by atoms with Gasteiger partial charge in [-0.05, 0) is 78.1 Å². The van der Waals surface area contributed by atoms with Crippen molar-refractivity contribution in [3.8, 4) is 5.75 Å². The van der Waals surface area contributed by atoms with Gasteiger partial charge in [-0.1, -0.05) is 12.1 Å². The number of nitrogens with zero attached hydrogens (tertiary/aromatic N) is 4. The molecule has 1 saturated carbocycles. The zero-order chi connectivity index (χ0) is 24.2. The number of aromatic nitrogens is 3. The van der Waals surface area contributed by atoms with Crippen LogP contribution in [0.4, 0.5) is 11.6 Å². The van der Waals surface area contributed by atoms with E-state index < -0.39 is 0 Å². The molecule has 1 saturated heterocycles. The van der Waals surface area contributed by atoms with Crippen molar-refractivity contribution in [3.05, 3.63) is 46.6 Å². The summed E-state index contributed by atoms with van der Waals surface area (Å²) in [4.78, 5) is 7.29. The monoisotopic (exact) mass is 543 g/mol. The average Bonchev–Trinajstić information content (AvgIpc) is 3.26. The third-order valence-corrected chi connectivity index (χ3v) is 7.69. The highest BCUT2D eigenvalue weighted by atomic mass is 79.9. The Hall–Kier alpha value is -2.36. The predicted octanol–water partition coefficient (Wildman–Crippen LogP) is 4.65. The molecule has 1 aliphatic heterocycles. The van der Waals surface area contributed by atoms with Crippen LogP contribution < -0.4 is 15.0 Å². The number of benzene rings is 1. The molecule has 2 aromatic heterocycles. The molecule has 0 amide bonds. The van der Waals surface area contributed by atoms with E-state index in [2.05, 4.69) is 49.4 Å². The average molecular weight is 544 g/mol. The van der Waals surface area contributed by atoms with Gasteiger partial charge in [-0.25, -0.2) is 4.98 Å². The molecule has 2 aliphatic rings. The fourth-order valence-electron chi connectivity index (χ4n) is 5.10. The molecule has 5 rings (SSSR count). The minimum Gasteiger partial charge on any atom is -0.497 e. The van der Waals surface area contributed by atoms with Crippen molar-refractivity contribution < 1.29 is 14.6 Å². The van der Waals surface area contributed by atoms with Gasteiger partial charge in [-0.2, -0.15) is 9.61 Å². The van der Waals surface area contributed by atoms with Gasteiger partial charge >= 0.3 is 0 Å². The van der Waals surface area contributed by atoms with Gasteiger partial charge in [0.1, 0.15) is 17.4 Å². The minimum absolute atomic E-state index is 0.161. The Bertz CT molecular complexity index is 1110. The number of anilines is 2. The number of aliphatic hydroxyl groups excluding tert-OH is 1. The summed E-state index contributed by atoms with van der Waals surface area (Å²) in [6.07, 6.45) is 7.41. The van der Waals surface area contributed by atoms with Crippen molar-refractivity contribution in [2.24, 2.45) is 5.92 Å². The summed E-state index contributed by atoms with van der Waals surface area (Å²) in [7, 11) is 1.69. The summed E-state index contributed by atoms with van der Waals surface area (Å²) in [6.45, 7) is 3.20. The number of halogens is 1. The number of fused-ring (bicyclic) bond motifs is 1. The van der Waals surface area contributed by atoms with Gasteiger partial charge in [0.25, 0.3) is 0 Å². The molecule has 0 bridgehead atoms. The maximum absolute atomic E-state index is 10.0. The van der Waals surface area contributed by atoms with Crippen molar-refractivity contribution in [1.82, 2.24) is 14.6 Å². The molecule has 1 aromatic carbocycles. The summed E-state index contributed by atoms with van der Waals surface area (Å²) < 4.78 is 13.7. The van der Waals surface area contributed by atoms with Gasteiger partial charge < -0.3 is 24.8 Å². The molecule has 0 unspecified atom stereocenters. The molecule has 8 nitrogen and oxygen atoms in total. The first-order chi connectivity index (χ1) is 17.1. The van der Waals surface area contributed by atoms with Crippen LogP contribution in [0.5, 0.6) is 5.75 Å². The zero-order valence-electron chi connectivity index (χ0n) is 20.2. The second kappa shape index (κ2) is 11.1. The molecular weight excluding hydrogens is 510 g/mol. The second-order valence-corrected chi connectivity index (χ2v) is 10.5. The van der Waals surface area contributed by atoms with Crippen LogP contribution in [0.2, 0.25) is 0 Å². The highest BCUT2D eigenvalue weighted by Gasteiger charge is 2.25. The summed E-state index contributed by atoms with van der Waals surface area (Å²) >= 11 is 3.64. The number of nitrogens with one attached hydrogen (secondary N) is 1. The quantitative estimate of drug-likeness (QED) is 0.427. The van der Waals surface area contributed by atoms with E-state index in [0.717, 1.165) is 92.3 Å². The molecule has 3 heterocycles. The molecule has 0 atom stereocenters. The van der Waals surface area contributed by atoms with Gasteiger partial charge in [0.2, 0.25) is 0 Å². The number of hydrogen-bond donors (Lipinski definition) is 2. The Morgan fingerprint density at radius 2 is 1.89 bits per heavy atom. The van der Waals surface area contributed by atoms with Gasteiger partial charge in [0.15, 0.2) is 5.65 Å². The normalized spacial score (nSPS) is 21.2. The summed E-state index contributed by atoms with van der Waals surface area (Å²) in [6, 6.07) is 10.7. The van der Waals surface area contributed by atoms with E-state index in [1.165, 1.54) is 5.56 Å².